The van der Waals surface area contributed by atoms with Crippen molar-refractivity contribution in [2.45, 2.75) is 45.7 Å². The molecule has 0 bridgehead atoms. The Hall–Kier alpha value is -2.04. The van der Waals surface area contributed by atoms with Crippen LogP contribution < -0.4 is 10.6 Å². The van der Waals surface area contributed by atoms with Crippen molar-refractivity contribution in [3.63, 3.8) is 0 Å². The van der Waals surface area contributed by atoms with Crippen molar-refractivity contribution in [1.82, 2.24) is 5.32 Å². The summed E-state index contributed by atoms with van der Waals surface area (Å²) in [5, 5.41) is 15.1. The molecule has 114 valence electrons. The fourth-order valence-corrected chi connectivity index (χ4v) is 2.48. The lowest BCUT2D eigenvalue weighted by molar-refractivity contribution is -0.138. The molecule has 21 heavy (non-hydrogen) atoms. The van der Waals surface area contributed by atoms with Gasteiger partial charge in [-0.05, 0) is 17.0 Å². The number of para-hydroxylation sites is 1. The Morgan fingerprint density at radius 1 is 1.38 bits per heavy atom. The van der Waals surface area contributed by atoms with Crippen molar-refractivity contribution in [2.24, 2.45) is 5.41 Å². The van der Waals surface area contributed by atoms with Gasteiger partial charge in [-0.25, -0.2) is 0 Å². The van der Waals surface area contributed by atoms with Crippen LogP contribution in [0, 0.1) is 5.41 Å². The van der Waals surface area contributed by atoms with Crippen LogP contribution in [0.3, 0.4) is 0 Å². The summed E-state index contributed by atoms with van der Waals surface area (Å²) in [7, 11) is 0. The number of amides is 1. The van der Waals surface area contributed by atoms with Gasteiger partial charge in [-0.3, -0.25) is 9.59 Å². The Kier molecular flexibility index (Phi) is 4.21. The molecule has 1 aromatic carbocycles. The SMILES string of the molecule is CC(C)(C)C(CC(=O)O)NC(=O)C1Cc2ccccc2N1. The number of carboxylic acids is 1. The van der Waals surface area contributed by atoms with Gasteiger partial charge in [-0.15, -0.1) is 0 Å². The third kappa shape index (κ3) is 3.74. The summed E-state index contributed by atoms with van der Waals surface area (Å²) < 4.78 is 0. The Labute approximate surface area is 124 Å². The van der Waals surface area contributed by atoms with Crippen molar-refractivity contribution < 1.29 is 14.7 Å². The summed E-state index contributed by atoms with van der Waals surface area (Å²) in [6, 6.07) is 7.08. The van der Waals surface area contributed by atoms with E-state index in [-0.39, 0.29) is 23.8 Å². The molecule has 2 rings (SSSR count). The summed E-state index contributed by atoms with van der Waals surface area (Å²) in [4.78, 5) is 23.4. The summed E-state index contributed by atoms with van der Waals surface area (Å²) >= 11 is 0. The highest BCUT2D eigenvalue weighted by atomic mass is 16.4. The predicted octanol–water partition coefficient (Wildman–Crippen LogP) is 2.03. The van der Waals surface area contributed by atoms with Crippen LogP contribution in [-0.2, 0) is 16.0 Å². The van der Waals surface area contributed by atoms with Crippen LogP contribution in [0.2, 0.25) is 0 Å². The fraction of sp³-hybridized carbons (Fsp3) is 0.500. The Morgan fingerprint density at radius 3 is 2.62 bits per heavy atom. The summed E-state index contributed by atoms with van der Waals surface area (Å²) in [6.45, 7) is 5.78. The third-order valence-electron chi connectivity index (χ3n) is 3.83. The second kappa shape index (κ2) is 5.76. The smallest absolute Gasteiger partial charge is 0.305 e. The summed E-state index contributed by atoms with van der Waals surface area (Å²) in [5.74, 6) is -1.05. The first-order chi connectivity index (χ1) is 9.77. The van der Waals surface area contributed by atoms with Gasteiger partial charge in [0.15, 0.2) is 0 Å². The molecule has 1 amide bonds. The number of hydrogen-bond acceptors (Lipinski definition) is 3. The zero-order valence-corrected chi connectivity index (χ0v) is 12.6. The molecule has 0 saturated heterocycles. The van der Waals surface area contributed by atoms with E-state index in [1.54, 1.807) is 0 Å². The van der Waals surface area contributed by atoms with Gasteiger partial charge in [-0.1, -0.05) is 39.0 Å². The zero-order chi connectivity index (χ0) is 15.6. The molecule has 1 aliphatic heterocycles. The molecule has 0 fully saturated rings. The van der Waals surface area contributed by atoms with E-state index >= 15 is 0 Å². The lowest BCUT2D eigenvalue weighted by atomic mass is 9.84. The van der Waals surface area contributed by atoms with Crippen LogP contribution in [0.5, 0.6) is 0 Å². The van der Waals surface area contributed by atoms with Gasteiger partial charge in [0, 0.05) is 18.2 Å². The molecule has 1 heterocycles. The van der Waals surface area contributed by atoms with E-state index in [1.807, 2.05) is 45.0 Å². The third-order valence-corrected chi connectivity index (χ3v) is 3.83. The van der Waals surface area contributed by atoms with Crippen LogP contribution in [0.25, 0.3) is 0 Å². The molecule has 0 aliphatic carbocycles. The number of carbonyl (C=O) groups excluding carboxylic acids is 1. The van der Waals surface area contributed by atoms with Crippen LogP contribution in [0.1, 0.15) is 32.8 Å². The first kappa shape index (κ1) is 15.4. The van der Waals surface area contributed by atoms with Crippen LogP contribution in [-0.4, -0.2) is 29.1 Å². The second-order valence-corrected chi connectivity index (χ2v) is 6.58. The van der Waals surface area contributed by atoms with Gasteiger partial charge in [0.25, 0.3) is 0 Å². The van der Waals surface area contributed by atoms with Gasteiger partial charge in [0.2, 0.25) is 5.91 Å². The average Bonchev–Trinajstić information content (AvgIpc) is 2.80. The monoisotopic (exact) mass is 290 g/mol. The molecule has 0 aromatic heterocycles. The first-order valence-corrected chi connectivity index (χ1v) is 7.14. The number of rotatable bonds is 4. The van der Waals surface area contributed by atoms with E-state index in [9.17, 15) is 9.59 Å². The van der Waals surface area contributed by atoms with E-state index in [0.29, 0.717) is 6.42 Å². The van der Waals surface area contributed by atoms with Gasteiger partial charge < -0.3 is 15.7 Å². The number of carbonyl (C=O) groups is 2. The highest BCUT2D eigenvalue weighted by molar-refractivity contribution is 5.88. The maximum atomic E-state index is 12.4. The fourth-order valence-electron chi connectivity index (χ4n) is 2.48. The Bertz CT molecular complexity index is 524. The molecule has 2 atom stereocenters. The molecular weight excluding hydrogens is 268 g/mol. The molecule has 0 spiro atoms. The van der Waals surface area contributed by atoms with Crippen LogP contribution >= 0.6 is 0 Å². The molecule has 2 unspecified atom stereocenters. The molecule has 0 radical (unpaired) electrons. The summed E-state index contributed by atoms with van der Waals surface area (Å²) in [5.41, 5.74) is 1.78. The minimum Gasteiger partial charge on any atom is -0.481 e. The number of fused-ring (bicyclic) bond motifs is 1. The minimum atomic E-state index is -0.905. The number of nitrogens with one attached hydrogen (secondary N) is 2. The van der Waals surface area contributed by atoms with Crippen molar-refractivity contribution in [3.05, 3.63) is 29.8 Å². The Morgan fingerprint density at radius 2 is 2.05 bits per heavy atom. The molecule has 0 saturated carbocycles. The number of aliphatic carboxylic acids is 1. The number of benzene rings is 1. The number of hydrogen-bond donors (Lipinski definition) is 3. The van der Waals surface area contributed by atoms with Gasteiger partial charge >= 0.3 is 5.97 Å². The van der Waals surface area contributed by atoms with Gasteiger partial charge in [0.1, 0.15) is 6.04 Å². The lowest BCUT2D eigenvalue weighted by Gasteiger charge is -2.31. The quantitative estimate of drug-likeness (QED) is 0.793. The minimum absolute atomic E-state index is 0.0745. The largest absolute Gasteiger partial charge is 0.481 e. The highest BCUT2D eigenvalue weighted by Gasteiger charge is 2.32. The zero-order valence-electron chi connectivity index (χ0n) is 12.6. The Balaban J connectivity index is 2.02. The van der Waals surface area contributed by atoms with Crippen molar-refractivity contribution in [2.75, 3.05) is 5.32 Å². The normalized spacial score (nSPS) is 18.5. The summed E-state index contributed by atoms with van der Waals surface area (Å²) in [6.07, 6.45) is 0.556. The van der Waals surface area contributed by atoms with E-state index in [2.05, 4.69) is 10.6 Å². The lowest BCUT2D eigenvalue weighted by Crippen LogP contribution is -2.50. The maximum Gasteiger partial charge on any atom is 0.305 e. The van der Waals surface area contributed by atoms with Crippen molar-refractivity contribution >= 4 is 17.6 Å². The van der Waals surface area contributed by atoms with Crippen molar-refractivity contribution in [1.29, 1.82) is 0 Å². The van der Waals surface area contributed by atoms with E-state index < -0.39 is 12.0 Å². The molecular formula is C16H22N2O3. The average molecular weight is 290 g/mol. The molecule has 1 aromatic rings. The predicted molar refractivity (Wildman–Crippen MR) is 81.2 cm³/mol. The highest BCUT2D eigenvalue weighted by Crippen LogP contribution is 2.26. The number of carboxylic acid groups (broad SMARTS) is 1. The van der Waals surface area contributed by atoms with Gasteiger partial charge in [-0.2, -0.15) is 0 Å². The molecule has 1 aliphatic rings. The van der Waals surface area contributed by atoms with Gasteiger partial charge in [0.05, 0.1) is 6.42 Å². The number of anilines is 1. The molecule has 3 N–H and O–H groups in total. The second-order valence-electron chi connectivity index (χ2n) is 6.58. The van der Waals surface area contributed by atoms with Crippen LogP contribution in [0.4, 0.5) is 5.69 Å². The standard InChI is InChI=1S/C16H22N2O3/c1-16(2,3)13(9-14(19)20)18-15(21)12-8-10-6-4-5-7-11(10)17-12/h4-7,12-13,17H,8-9H2,1-3H3,(H,18,21)(H,19,20). The molecule has 5 heteroatoms. The maximum absolute atomic E-state index is 12.4. The van der Waals surface area contributed by atoms with Crippen LogP contribution in [0.15, 0.2) is 24.3 Å². The van der Waals surface area contributed by atoms with E-state index in [4.69, 9.17) is 5.11 Å². The van der Waals surface area contributed by atoms with E-state index in [1.165, 1.54) is 0 Å². The van der Waals surface area contributed by atoms with Crippen molar-refractivity contribution in [3.8, 4) is 0 Å². The molecule has 5 nitrogen and oxygen atoms in total. The van der Waals surface area contributed by atoms with E-state index in [0.717, 1.165) is 11.3 Å². The first-order valence-electron chi connectivity index (χ1n) is 7.14. The topological polar surface area (TPSA) is 78.4 Å².